The van der Waals surface area contributed by atoms with Crippen LogP contribution in [0.15, 0.2) is 203 Å². The molecule has 4 aromatic heterocycles. The van der Waals surface area contributed by atoms with E-state index in [-0.39, 0.29) is 0 Å². The number of benzene rings is 9. The minimum Gasteiger partial charge on any atom is -0.456 e. The molecule has 0 N–H and O–H groups in total. The van der Waals surface area contributed by atoms with Gasteiger partial charge in [0.1, 0.15) is 22.3 Å². The summed E-state index contributed by atoms with van der Waals surface area (Å²) in [5, 5.41) is 9.27. The van der Waals surface area contributed by atoms with Crippen molar-refractivity contribution in [3.8, 4) is 33.6 Å². The predicted octanol–water partition coefficient (Wildman–Crippen LogP) is 15.0. The summed E-state index contributed by atoms with van der Waals surface area (Å²) in [4.78, 5) is 0. The van der Waals surface area contributed by atoms with E-state index < -0.39 is 0 Å². The number of fused-ring (bicyclic) bond motifs is 13. The van der Waals surface area contributed by atoms with Gasteiger partial charge in [-0.3, -0.25) is 0 Å². The van der Waals surface area contributed by atoms with Gasteiger partial charge in [0.25, 0.3) is 0 Å². The van der Waals surface area contributed by atoms with E-state index in [9.17, 15) is 0 Å². The molecule has 4 heteroatoms. The van der Waals surface area contributed by atoms with Crippen molar-refractivity contribution in [3.05, 3.63) is 194 Å². The van der Waals surface area contributed by atoms with Crippen molar-refractivity contribution in [1.82, 2.24) is 9.13 Å². The molecule has 0 radical (unpaired) electrons. The molecule has 13 aromatic rings. The average molecular weight is 741 g/mol. The van der Waals surface area contributed by atoms with Gasteiger partial charge in [-0.15, -0.1) is 0 Å². The third-order valence-electron chi connectivity index (χ3n) is 12.1. The van der Waals surface area contributed by atoms with Crippen molar-refractivity contribution in [3.63, 3.8) is 0 Å². The lowest BCUT2D eigenvalue weighted by molar-refractivity contribution is 0.669. The monoisotopic (exact) mass is 740 g/mol. The Hall–Kier alpha value is -7.82. The van der Waals surface area contributed by atoms with Crippen LogP contribution in [0.5, 0.6) is 0 Å². The van der Waals surface area contributed by atoms with Crippen LogP contribution in [0.4, 0.5) is 0 Å². The largest absolute Gasteiger partial charge is 0.456 e. The number of aromatic nitrogens is 2. The summed E-state index contributed by atoms with van der Waals surface area (Å²) < 4.78 is 17.8. The number of hydrogen-bond acceptors (Lipinski definition) is 2. The summed E-state index contributed by atoms with van der Waals surface area (Å²) in [6.45, 7) is 0. The third kappa shape index (κ3) is 4.45. The lowest BCUT2D eigenvalue weighted by atomic mass is 9.97. The highest BCUT2D eigenvalue weighted by Gasteiger charge is 2.20. The maximum atomic E-state index is 6.73. The van der Waals surface area contributed by atoms with E-state index in [2.05, 4.69) is 203 Å². The molecule has 0 unspecified atom stereocenters. The molecule has 0 atom stereocenters. The van der Waals surface area contributed by atoms with Gasteiger partial charge in [0, 0.05) is 49.1 Å². The molecule has 0 bridgehead atoms. The first-order chi connectivity index (χ1) is 28.7. The maximum Gasteiger partial charge on any atom is 0.145 e. The lowest BCUT2D eigenvalue weighted by Gasteiger charge is -2.08. The fourth-order valence-corrected chi connectivity index (χ4v) is 9.48. The molecule has 4 heterocycles. The molecular formula is C54H32N2O2. The Morgan fingerprint density at radius 3 is 1.48 bits per heavy atom. The van der Waals surface area contributed by atoms with E-state index in [0.29, 0.717) is 0 Å². The lowest BCUT2D eigenvalue weighted by Crippen LogP contribution is -1.93. The summed E-state index contributed by atoms with van der Waals surface area (Å²) in [5.41, 5.74) is 15.1. The van der Waals surface area contributed by atoms with Crippen molar-refractivity contribution < 1.29 is 8.83 Å². The second-order valence-electron chi connectivity index (χ2n) is 15.3. The van der Waals surface area contributed by atoms with Gasteiger partial charge < -0.3 is 18.0 Å². The summed E-state index contributed by atoms with van der Waals surface area (Å²) in [5.74, 6) is 0. The topological polar surface area (TPSA) is 36.1 Å². The first-order valence-corrected chi connectivity index (χ1v) is 19.7. The Balaban J connectivity index is 0.920. The molecule has 0 spiro atoms. The molecule has 0 aliphatic heterocycles. The van der Waals surface area contributed by atoms with Crippen molar-refractivity contribution in [2.24, 2.45) is 0 Å². The highest BCUT2D eigenvalue weighted by molar-refractivity contribution is 6.24. The van der Waals surface area contributed by atoms with E-state index >= 15 is 0 Å². The Kier molecular flexibility index (Phi) is 6.41. The second-order valence-corrected chi connectivity index (χ2v) is 15.3. The van der Waals surface area contributed by atoms with Gasteiger partial charge in [-0.25, -0.2) is 0 Å². The molecule has 0 amide bonds. The number of nitrogens with zero attached hydrogens (tertiary/aromatic N) is 2. The number of para-hydroxylation sites is 4. The molecule has 4 nitrogen and oxygen atoms in total. The number of hydrogen-bond donors (Lipinski definition) is 0. The zero-order chi connectivity index (χ0) is 37.9. The highest BCUT2D eigenvalue weighted by Crippen LogP contribution is 2.42. The van der Waals surface area contributed by atoms with Crippen LogP contribution >= 0.6 is 0 Å². The predicted molar refractivity (Wildman–Crippen MR) is 241 cm³/mol. The van der Waals surface area contributed by atoms with Crippen molar-refractivity contribution >= 4 is 87.5 Å². The Morgan fingerprint density at radius 1 is 0.276 bits per heavy atom. The minimum absolute atomic E-state index is 0.882. The molecule has 0 saturated carbocycles. The summed E-state index contributed by atoms with van der Waals surface area (Å²) in [6.07, 6.45) is 0. The van der Waals surface area contributed by atoms with Crippen molar-refractivity contribution in [1.29, 1.82) is 0 Å². The molecule has 0 saturated heterocycles. The van der Waals surface area contributed by atoms with E-state index in [1.165, 1.54) is 32.7 Å². The Labute approximate surface area is 332 Å². The van der Waals surface area contributed by atoms with Crippen LogP contribution in [-0.4, -0.2) is 9.13 Å². The fourth-order valence-electron chi connectivity index (χ4n) is 9.48. The summed E-state index contributed by atoms with van der Waals surface area (Å²) in [7, 11) is 0. The Bertz CT molecular complexity index is 3750. The van der Waals surface area contributed by atoms with Gasteiger partial charge in [-0.05, 0) is 113 Å². The van der Waals surface area contributed by atoms with Gasteiger partial charge in [-0.2, -0.15) is 0 Å². The smallest absolute Gasteiger partial charge is 0.145 e. The minimum atomic E-state index is 0.882. The van der Waals surface area contributed by atoms with E-state index in [1.807, 2.05) is 0 Å². The van der Waals surface area contributed by atoms with Gasteiger partial charge in [-0.1, -0.05) is 103 Å². The van der Waals surface area contributed by atoms with Crippen LogP contribution in [0.1, 0.15) is 0 Å². The molecule has 0 aliphatic carbocycles. The third-order valence-corrected chi connectivity index (χ3v) is 12.1. The average Bonchev–Trinajstić information content (AvgIpc) is 4.03. The van der Waals surface area contributed by atoms with Crippen LogP contribution in [0.3, 0.4) is 0 Å². The second kappa shape index (κ2) is 11.8. The molecule has 58 heavy (non-hydrogen) atoms. The highest BCUT2D eigenvalue weighted by atomic mass is 16.3. The van der Waals surface area contributed by atoms with Gasteiger partial charge in [0.05, 0.1) is 27.5 Å². The Morgan fingerprint density at radius 2 is 0.793 bits per heavy atom. The first-order valence-electron chi connectivity index (χ1n) is 19.7. The molecule has 13 rings (SSSR count). The van der Waals surface area contributed by atoms with Crippen LogP contribution in [0, 0.1) is 0 Å². The molecule has 0 aliphatic rings. The van der Waals surface area contributed by atoms with Crippen LogP contribution in [0.2, 0.25) is 0 Å². The van der Waals surface area contributed by atoms with Gasteiger partial charge >= 0.3 is 0 Å². The maximum absolute atomic E-state index is 6.73. The number of rotatable bonds is 4. The SMILES string of the molecule is c1ccc(-n2c3ccccc3c3c4oc5ccc(-c6cccc(-c7ccc8oc9ccc(-n%10c%11ccccc%11c%11ccccc%11%10)cc9c8c7)c6)cc5c4ccc32)cc1. The normalized spacial score (nSPS) is 12.1. The van der Waals surface area contributed by atoms with Crippen LogP contribution in [-0.2, 0) is 0 Å². The first kappa shape index (κ1) is 31.4. The number of furan rings is 2. The van der Waals surface area contributed by atoms with Gasteiger partial charge in [0.2, 0.25) is 0 Å². The summed E-state index contributed by atoms with van der Waals surface area (Å²) >= 11 is 0. The van der Waals surface area contributed by atoms with E-state index in [1.54, 1.807) is 0 Å². The van der Waals surface area contributed by atoms with E-state index in [0.717, 1.165) is 88.4 Å². The molecule has 0 fully saturated rings. The summed E-state index contributed by atoms with van der Waals surface area (Å²) in [6, 6.07) is 69.5. The van der Waals surface area contributed by atoms with Crippen molar-refractivity contribution in [2.45, 2.75) is 0 Å². The quantitative estimate of drug-likeness (QED) is 0.180. The fraction of sp³-hybridized carbons (Fsp3) is 0. The molecule has 270 valence electrons. The van der Waals surface area contributed by atoms with Crippen molar-refractivity contribution in [2.75, 3.05) is 0 Å². The molecule has 9 aromatic carbocycles. The van der Waals surface area contributed by atoms with E-state index in [4.69, 9.17) is 8.83 Å². The molecular weight excluding hydrogens is 709 g/mol. The zero-order valence-electron chi connectivity index (χ0n) is 31.2. The van der Waals surface area contributed by atoms with Crippen LogP contribution < -0.4 is 0 Å². The van der Waals surface area contributed by atoms with Crippen LogP contribution in [0.25, 0.3) is 121 Å². The van der Waals surface area contributed by atoms with Gasteiger partial charge in [0.15, 0.2) is 0 Å². The standard InChI is InChI=1S/C54H32N2O2/c1-2-13-37(14-3-1)55-48-20-9-6-17-42(48)53-49(55)25-24-41-43-30-35(22-27-52(43)58-54(41)53)33-11-10-12-34(29-33)36-21-26-50-44(31-36)45-32-38(23-28-51(45)57-50)56-46-18-7-4-15-39(46)40-16-5-8-19-47(40)56/h1-32H. The zero-order valence-corrected chi connectivity index (χ0v) is 31.2.